The summed E-state index contributed by atoms with van der Waals surface area (Å²) < 4.78 is 0. The first-order chi connectivity index (χ1) is 16.0. The predicted molar refractivity (Wildman–Crippen MR) is 134 cm³/mol. The molecule has 0 saturated carbocycles. The van der Waals surface area contributed by atoms with Gasteiger partial charge in [0, 0.05) is 17.8 Å². The van der Waals surface area contributed by atoms with Crippen LogP contribution in [-0.2, 0) is 16.0 Å². The topological polar surface area (TPSA) is 65.3 Å². The number of amides is 2. The van der Waals surface area contributed by atoms with Gasteiger partial charge in [-0.05, 0) is 48.9 Å². The molecule has 0 fully saturated rings. The summed E-state index contributed by atoms with van der Waals surface area (Å²) in [4.78, 5) is 40.1. The lowest BCUT2D eigenvalue weighted by Crippen LogP contribution is -2.44. The maximum absolute atomic E-state index is 13.6. The second-order valence-electron chi connectivity index (χ2n) is 9.07. The van der Waals surface area contributed by atoms with Crippen molar-refractivity contribution in [3.05, 3.63) is 59.7 Å². The average molecular weight is 461 g/mol. The van der Waals surface area contributed by atoms with Gasteiger partial charge in [0.2, 0.25) is 5.91 Å². The molecule has 6 nitrogen and oxygen atoms in total. The minimum atomic E-state index is -0.404. The van der Waals surface area contributed by atoms with Crippen molar-refractivity contribution in [1.29, 1.82) is 0 Å². The molecule has 0 radical (unpaired) electrons. The summed E-state index contributed by atoms with van der Waals surface area (Å²) in [6.07, 6.45) is 2.21. The third-order valence-electron chi connectivity index (χ3n) is 6.29. The fraction of sp³-hybridized carbons (Fsp3) is 0.385. The molecular weight excluding hydrogens is 432 g/mol. The van der Waals surface area contributed by atoms with E-state index in [-0.39, 0.29) is 17.1 Å². The average Bonchev–Trinajstić information content (AvgIpc) is 3.38. The van der Waals surface area contributed by atoms with Crippen LogP contribution in [0.25, 0.3) is 0 Å². The molecule has 3 heterocycles. The van der Waals surface area contributed by atoms with Crippen LogP contribution in [0.15, 0.2) is 58.5 Å². The summed E-state index contributed by atoms with van der Waals surface area (Å²) in [5, 5.41) is 0.217. The van der Waals surface area contributed by atoms with Gasteiger partial charge in [0.1, 0.15) is 11.9 Å². The van der Waals surface area contributed by atoms with Crippen LogP contribution >= 0.6 is 11.8 Å². The first-order valence-electron chi connectivity index (χ1n) is 11.6. The van der Waals surface area contributed by atoms with E-state index in [0.717, 1.165) is 23.4 Å². The van der Waals surface area contributed by atoms with Crippen molar-refractivity contribution in [2.75, 3.05) is 11.4 Å². The number of amidine groups is 2. The highest BCUT2D eigenvalue weighted by molar-refractivity contribution is 8.15. The molecule has 0 unspecified atom stereocenters. The summed E-state index contributed by atoms with van der Waals surface area (Å²) in [6, 6.07) is 15.5. The lowest BCUT2D eigenvalue weighted by molar-refractivity contribution is -0.125. The summed E-state index contributed by atoms with van der Waals surface area (Å²) in [5.74, 6) is 1.03. The lowest BCUT2D eigenvalue weighted by atomic mass is 10.0. The van der Waals surface area contributed by atoms with E-state index >= 15 is 0 Å². The predicted octanol–water partition coefficient (Wildman–Crippen LogP) is 4.79. The maximum Gasteiger partial charge on any atom is 0.259 e. The third kappa shape index (κ3) is 3.88. The molecule has 0 N–H and O–H groups in total. The number of para-hydroxylation sites is 2. The molecule has 7 heteroatoms. The molecule has 33 heavy (non-hydrogen) atoms. The van der Waals surface area contributed by atoms with Crippen molar-refractivity contribution < 1.29 is 9.59 Å². The number of aliphatic imine (C=N–C) groups is 2. The number of carbonyl (C=O) groups is 2. The highest BCUT2D eigenvalue weighted by atomic mass is 32.2. The van der Waals surface area contributed by atoms with Crippen molar-refractivity contribution in [1.82, 2.24) is 4.90 Å². The van der Waals surface area contributed by atoms with Gasteiger partial charge < -0.3 is 4.90 Å². The molecule has 0 aromatic heterocycles. The number of hydrogen-bond acceptors (Lipinski definition) is 5. The van der Waals surface area contributed by atoms with Crippen LogP contribution in [0.3, 0.4) is 0 Å². The molecule has 0 aliphatic carbocycles. The van der Waals surface area contributed by atoms with Crippen LogP contribution in [0.5, 0.6) is 0 Å². The maximum atomic E-state index is 13.6. The third-order valence-corrected chi connectivity index (χ3v) is 7.59. The molecule has 5 rings (SSSR count). The van der Waals surface area contributed by atoms with Crippen molar-refractivity contribution in [3.63, 3.8) is 0 Å². The molecule has 2 aromatic rings. The van der Waals surface area contributed by atoms with E-state index in [1.165, 1.54) is 17.3 Å². The Balaban J connectivity index is 1.46. The molecule has 2 amide bonds. The SMILES string of the molecule is CC[C@H](SC1=Nc2ccccc2C2=N[C@H](CC(C)C)C(=O)N12)C(=O)N1CCc2ccccc21. The normalized spacial score (nSPS) is 19.8. The number of benzene rings is 2. The van der Waals surface area contributed by atoms with E-state index in [9.17, 15) is 9.59 Å². The van der Waals surface area contributed by atoms with E-state index < -0.39 is 6.04 Å². The van der Waals surface area contributed by atoms with Gasteiger partial charge in [-0.25, -0.2) is 9.89 Å². The van der Waals surface area contributed by atoms with Gasteiger partial charge in [0.25, 0.3) is 5.91 Å². The summed E-state index contributed by atoms with van der Waals surface area (Å²) in [5.41, 5.74) is 3.86. The quantitative estimate of drug-likeness (QED) is 0.644. The minimum absolute atomic E-state index is 0.0479. The van der Waals surface area contributed by atoms with Crippen molar-refractivity contribution >= 4 is 46.0 Å². The van der Waals surface area contributed by atoms with Crippen molar-refractivity contribution in [3.8, 4) is 0 Å². The van der Waals surface area contributed by atoms with E-state index in [4.69, 9.17) is 9.98 Å². The number of thioether (sulfide) groups is 1. The van der Waals surface area contributed by atoms with E-state index in [1.807, 2.05) is 54.3 Å². The smallest absolute Gasteiger partial charge is 0.259 e. The fourth-order valence-corrected chi connectivity index (χ4v) is 5.74. The van der Waals surface area contributed by atoms with Crippen LogP contribution < -0.4 is 4.90 Å². The number of carbonyl (C=O) groups excluding carboxylic acids is 2. The monoisotopic (exact) mass is 460 g/mol. The Kier molecular flexibility index (Phi) is 5.83. The number of anilines is 1. The number of hydrogen-bond donors (Lipinski definition) is 0. The second-order valence-corrected chi connectivity index (χ2v) is 10.2. The van der Waals surface area contributed by atoms with Gasteiger partial charge in [-0.15, -0.1) is 0 Å². The zero-order chi connectivity index (χ0) is 23.1. The van der Waals surface area contributed by atoms with Gasteiger partial charge in [-0.3, -0.25) is 14.6 Å². The molecule has 0 spiro atoms. The van der Waals surface area contributed by atoms with Gasteiger partial charge in [-0.2, -0.15) is 0 Å². The number of rotatable bonds is 5. The zero-order valence-electron chi connectivity index (χ0n) is 19.2. The lowest BCUT2D eigenvalue weighted by Gasteiger charge is -2.29. The number of fused-ring (bicyclic) bond motifs is 4. The van der Waals surface area contributed by atoms with E-state index in [1.54, 1.807) is 4.90 Å². The van der Waals surface area contributed by atoms with E-state index in [0.29, 0.717) is 36.3 Å². The van der Waals surface area contributed by atoms with E-state index in [2.05, 4.69) is 19.9 Å². The molecule has 170 valence electrons. The minimum Gasteiger partial charge on any atom is -0.311 e. The molecule has 0 bridgehead atoms. The Morgan fingerprint density at radius 3 is 2.70 bits per heavy atom. The Morgan fingerprint density at radius 2 is 1.91 bits per heavy atom. The van der Waals surface area contributed by atoms with Crippen LogP contribution in [0, 0.1) is 5.92 Å². The van der Waals surface area contributed by atoms with Crippen LogP contribution in [-0.4, -0.2) is 45.6 Å². The Hall–Kier alpha value is -2.93. The van der Waals surface area contributed by atoms with Gasteiger partial charge in [-0.1, -0.05) is 62.9 Å². The zero-order valence-corrected chi connectivity index (χ0v) is 20.0. The molecular formula is C26H28N4O2S. The largest absolute Gasteiger partial charge is 0.311 e. The van der Waals surface area contributed by atoms with Gasteiger partial charge in [0.05, 0.1) is 10.9 Å². The summed E-state index contributed by atoms with van der Waals surface area (Å²) >= 11 is 1.38. The van der Waals surface area contributed by atoms with Crippen LogP contribution in [0.1, 0.15) is 44.7 Å². The Morgan fingerprint density at radius 1 is 1.15 bits per heavy atom. The highest BCUT2D eigenvalue weighted by Gasteiger charge is 2.43. The molecule has 3 aliphatic rings. The highest BCUT2D eigenvalue weighted by Crippen LogP contribution is 2.37. The van der Waals surface area contributed by atoms with Gasteiger partial charge >= 0.3 is 0 Å². The van der Waals surface area contributed by atoms with Crippen LogP contribution in [0.4, 0.5) is 11.4 Å². The van der Waals surface area contributed by atoms with Crippen molar-refractivity contribution in [2.45, 2.75) is 51.3 Å². The molecule has 2 atom stereocenters. The van der Waals surface area contributed by atoms with Crippen molar-refractivity contribution in [2.24, 2.45) is 15.9 Å². The molecule has 2 aromatic carbocycles. The Bertz CT molecular complexity index is 1170. The number of nitrogens with zero attached hydrogens (tertiary/aromatic N) is 4. The Labute approximate surface area is 198 Å². The van der Waals surface area contributed by atoms with Gasteiger partial charge in [0.15, 0.2) is 5.17 Å². The summed E-state index contributed by atoms with van der Waals surface area (Å²) in [6.45, 7) is 6.90. The first-order valence-corrected chi connectivity index (χ1v) is 12.5. The second kappa shape index (κ2) is 8.78. The standard InChI is InChI=1S/C26H28N4O2S/c1-4-22(25(32)29-14-13-17-9-5-8-12-21(17)29)33-26-28-19-11-7-6-10-18(19)23-27-20(15-16(2)3)24(31)30(23)26/h5-12,16,20,22H,4,13-15H2,1-3H3/t20-,22+/m1/s1. The molecule has 3 aliphatic heterocycles. The molecule has 0 saturated heterocycles. The first kappa shape index (κ1) is 21.9. The van der Waals surface area contributed by atoms with Crippen LogP contribution in [0.2, 0.25) is 0 Å². The summed E-state index contributed by atoms with van der Waals surface area (Å²) in [7, 11) is 0. The fourth-order valence-electron chi connectivity index (χ4n) is 4.66.